The van der Waals surface area contributed by atoms with E-state index in [1.54, 1.807) is 0 Å². The van der Waals surface area contributed by atoms with Crippen molar-refractivity contribution in [3.8, 4) is 0 Å². The number of hydrogen-bond acceptors (Lipinski definition) is 6. The topological polar surface area (TPSA) is 101 Å². The van der Waals surface area contributed by atoms with Crippen molar-refractivity contribution in [3.63, 3.8) is 0 Å². The highest BCUT2D eigenvalue weighted by molar-refractivity contribution is 8.02. The second-order valence-corrected chi connectivity index (χ2v) is 8.39. The molecule has 0 radical (unpaired) electrons. The van der Waals surface area contributed by atoms with Gasteiger partial charge in [0.25, 0.3) is 0 Å². The number of thioether (sulfide) groups is 1. The van der Waals surface area contributed by atoms with Crippen LogP contribution in [0, 0.1) is 0 Å². The van der Waals surface area contributed by atoms with Crippen molar-refractivity contribution in [3.05, 3.63) is 0 Å². The molecule has 0 aromatic carbocycles. The number of aliphatic carboxylic acids is 1. The third kappa shape index (κ3) is 4.10. The van der Waals surface area contributed by atoms with Crippen molar-refractivity contribution >= 4 is 33.5 Å². The minimum absolute atomic E-state index is 0.0275. The molecule has 2 heterocycles. The summed E-state index contributed by atoms with van der Waals surface area (Å²) < 4.78 is 27.7. The number of carboxylic acid groups (broad SMARTS) is 1. The van der Waals surface area contributed by atoms with Gasteiger partial charge in [-0.25, -0.2) is 13.2 Å². The zero-order valence-corrected chi connectivity index (χ0v) is 12.5. The van der Waals surface area contributed by atoms with Crippen LogP contribution in [0.5, 0.6) is 0 Å². The zero-order valence-electron chi connectivity index (χ0n) is 10.9. The second-order valence-electron chi connectivity index (χ2n) is 4.87. The number of nitrogens with zero attached hydrogens (tertiary/aromatic N) is 1. The van der Waals surface area contributed by atoms with E-state index >= 15 is 0 Å². The molecule has 20 heavy (non-hydrogen) atoms. The van der Waals surface area contributed by atoms with Crippen LogP contribution >= 0.6 is 11.8 Å². The molecule has 2 unspecified atom stereocenters. The number of carbonyl (C=O) groups excluding carboxylic acids is 1. The van der Waals surface area contributed by atoms with E-state index in [1.807, 2.05) is 0 Å². The summed E-state index contributed by atoms with van der Waals surface area (Å²) in [5, 5.41) is 8.84. The number of morpholine rings is 1. The van der Waals surface area contributed by atoms with Gasteiger partial charge in [0.1, 0.15) is 0 Å². The van der Waals surface area contributed by atoms with Crippen LogP contribution in [0.15, 0.2) is 0 Å². The number of carboxylic acids is 1. The van der Waals surface area contributed by atoms with Crippen LogP contribution in [0.1, 0.15) is 6.42 Å². The highest BCUT2D eigenvalue weighted by atomic mass is 32.2. The van der Waals surface area contributed by atoms with Crippen LogP contribution in [0.3, 0.4) is 0 Å². The van der Waals surface area contributed by atoms with Crippen LogP contribution in [0.25, 0.3) is 0 Å². The van der Waals surface area contributed by atoms with Crippen molar-refractivity contribution in [2.24, 2.45) is 0 Å². The molecule has 2 saturated heterocycles. The fourth-order valence-corrected chi connectivity index (χ4v) is 5.74. The Labute approximate surface area is 121 Å². The molecule has 2 fully saturated rings. The first-order valence-electron chi connectivity index (χ1n) is 6.31. The molecule has 114 valence electrons. The molecule has 0 bridgehead atoms. The van der Waals surface area contributed by atoms with E-state index in [9.17, 15) is 18.0 Å². The first kappa shape index (κ1) is 15.6. The van der Waals surface area contributed by atoms with Crippen LogP contribution < -0.4 is 0 Å². The van der Waals surface area contributed by atoms with E-state index < -0.39 is 21.9 Å². The predicted octanol–water partition coefficient (Wildman–Crippen LogP) is -0.781. The third-order valence-electron chi connectivity index (χ3n) is 3.33. The first-order valence-corrected chi connectivity index (χ1v) is 9.18. The lowest BCUT2D eigenvalue weighted by molar-refractivity contribution is -0.158. The van der Waals surface area contributed by atoms with Gasteiger partial charge < -0.3 is 14.7 Å². The quantitative estimate of drug-likeness (QED) is 0.724. The van der Waals surface area contributed by atoms with Crippen molar-refractivity contribution in [2.75, 3.05) is 37.0 Å². The van der Waals surface area contributed by atoms with Crippen molar-refractivity contribution < 1.29 is 27.9 Å². The average Bonchev–Trinajstić information content (AvgIpc) is 2.75. The number of hydrogen-bond donors (Lipinski definition) is 1. The molecule has 0 aromatic rings. The third-order valence-corrected chi connectivity index (χ3v) is 6.59. The number of rotatable bonds is 4. The summed E-state index contributed by atoms with van der Waals surface area (Å²) in [4.78, 5) is 24.3. The summed E-state index contributed by atoms with van der Waals surface area (Å²) in [7, 11) is -2.93. The SMILES string of the molecule is O=C(O)C1CN(C(=O)CSC2CCS(=O)(=O)C2)CCO1. The Morgan fingerprint density at radius 2 is 2.15 bits per heavy atom. The summed E-state index contributed by atoms with van der Waals surface area (Å²) in [6, 6.07) is 0. The highest BCUT2D eigenvalue weighted by Gasteiger charge is 2.31. The van der Waals surface area contributed by atoms with Gasteiger partial charge in [-0.3, -0.25) is 4.79 Å². The summed E-state index contributed by atoms with van der Waals surface area (Å²) >= 11 is 1.34. The summed E-state index contributed by atoms with van der Waals surface area (Å²) in [6.07, 6.45) is -0.384. The van der Waals surface area contributed by atoms with Crippen LogP contribution in [0.4, 0.5) is 0 Å². The lowest BCUT2D eigenvalue weighted by atomic mass is 10.3. The van der Waals surface area contributed by atoms with E-state index in [0.29, 0.717) is 13.0 Å². The zero-order chi connectivity index (χ0) is 14.8. The molecule has 2 aliphatic heterocycles. The first-order chi connectivity index (χ1) is 9.37. The predicted molar refractivity (Wildman–Crippen MR) is 73.5 cm³/mol. The van der Waals surface area contributed by atoms with Crippen molar-refractivity contribution in [1.29, 1.82) is 0 Å². The fourth-order valence-electron chi connectivity index (χ4n) is 2.20. The molecule has 0 spiro atoms. The van der Waals surface area contributed by atoms with Gasteiger partial charge >= 0.3 is 5.97 Å². The van der Waals surface area contributed by atoms with Crippen LogP contribution in [-0.2, 0) is 24.2 Å². The van der Waals surface area contributed by atoms with E-state index in [1.165, 1.54) is 16.7 Å². The smallest absolute Gasteiger partial charge is 0.334 e. The average molecular weight is 323 g/mol. The molecule has 1 amide bonds. The molecule has 9 heteroatoms. The largest absolute Gasteiger partial charge is 0.479 e. The minimum atomic E-state index is -2.93. The Kier molecular flexibility index (Phi) is 4.92. The van der Waals surface area contributed by atoms with Gasteiger partial charge in [-0.05, 0) is 6.42 Å². The van der Waals surface area contributed by atoms with Crippen LogP contribution in [0.2, 0.25) is 0 Å². The molecule has 1 N–H and O–H groups in total. The van der Waals surface area contributed by atoms with E-state index in [4.69, 9.17) is 9.84 Å². The van der Waals surface area contributed by atoms with Gasteiger partial charge in [-0.1, -0.05) is 0 Å². The molecule has 0 aromatic heterocycles. The Hall–Kier alpha value is -0.800. The summed E-state index contributed by atoms with van der Waals surface area (Å²) in [5.41, 5.74) is 0. The lowest BCUT2D eigenvalue weighted by Gasteiger charge is -2.31. The van der Waals surface area contributed by atoms with Gasteiger partial charge in [0, 0.05) is 11.8 Å². The molecule has 0 aliphatic carbocycles. The molecular formula is C11H17NO6S2. The van der Waals surface area contributed by atoms with Gasteiger partial charge in [0.15, 0.2) is 15.9 Å². The van der Waals surface area contributed by atoms with Crippen molar-refractivity contribution in [2.45, 2.75) is 17.8 Å². The molecule has 2 rings (SSSR count). The minimum Gasteiger partial charge on any atom is -0.479 e. The standard InChI is InChI=1S/C11H17NO6S2/c13-10(6-19-8-1-4-20(16,17)7-8)12-2-3-18-9(5-12)11(14)15/h8-9H,1-7H2,(H,14,15). The fraction of sp³-hybridized carbons (Fsp3) is 0.818. The second kappa shape index (κ2) is 6.31. The molecule has 0 saturated carbocycles. The molecule has 2 aliphatic rings. The maximum Gasteiger partial charge on any atom is 0.334 e. The summed E-state index contributed by atoms with van der Waals surface area (Å²) in [5.74, 6) is -0.721. The molecule has 2 atom stereocenters. The number of carbonyl (C=O) groups is 2. The molecular weight excluding hydrogens is 306 g/mol. The van der Waals surface area contributed by atoms with Gasteiger partial charge in [-0.2, -0.15) is 0 Å². The van der Waals surface area contributed by atoms with Gasteiger partial charge in [-0.15, -0.1) is 11.8 Å². The van der Waals surface area contributed by atoms with Gasteiger partial charge in [0.05, 0.1) is 30.4 Å². The monoisotopic (exact) mass is 323 g/mol. The Morgan fingerprint density at radius 1 is 1.40 bits per heavy atom. The highest BCUT2D eigenvalue weighted by Crippen LogP contribution is 2.24. The van der Waals surface area contributed by atoms with Crippen molar-refractivity contribution in [1.82, 2.24) is 4.90 Å². The van der Waals surface area contributed by atoms with E-state index in [0.717, 1.165) is 0 Å². The number of amides is 1. The molecule has 7 nitrogen and oxygen atoms in total. The van der Waals surface area contributed by atoms with Crippen LogP contribution in [-0.4, -0.2) is 78.6 Å². The normalized spacial score (nSPS) is 29.3. The Balaban J connectivity index is 1.79. The van der Waals surface area contributed by atoms with Gasteiger partial charge in [0.2, 0.25) is 5.91 Å². The maximum absolute atomic E-state index is 12.0. The number of ether oxygens (including phenoxy) is 1. The summed E-state index contributed by atoms with van der Waals surface area (Å²) in [6.45, 7) is 0.648. The van der Waals surface area contributed by atoms with E-state index in [-0.39, 0.29) is 41.6 Å². The maximum atomic E-state index is 12.0. The Bertz CT molecular complexity index is 491. The Morgan fingerprint density at radius 3 is 2.75 bits per heavy atom. The number of sulfone groups is 1. The lowest BCUT2D eigenvalue weighted by Crippen LogP contribution is -2.49. The van der Waals surface area contributed by atoms with E-state index in [2.05, 4.69) is 0 Å².